The minimum Gasteiger partial charge on any atom is -0.493 e. The molecule has 1 aliphatic rings. The van der Waals surface area contributed by atoms with Crippen molar-refractivity contribution in [1.29, 1.82) is 0 Å². The Hall–Kier alpha value is -4.45. The Morgan fingerprint density at radius 1 is 1.12 bits per heavy atom. The molecule has 0 fully saturated rings. The average molecular weight is 602 g/mol. The van der Waals surface area contributed by atoms with E-state index in [0.717, 1.165) is 10.3 Å². The fourth-order valence-electron chi connectivity index (χ4n) is 4.83. The van der Waals surface area contributed by atoms with Crippen LogP contribution in [-0.4, -0.2) is 33.5 Å². The number of aromatic amines is 1. The molecule has 8 nitrogen and oxygen atoms in total. The number of ether oxygens (including phenoxy) is 2. The Morgan fingerprint density at radius 2 is 2.00 bits per heavy atom. The second-order valence-corrected chi connectivity index (χ2v) is 11.3. The van der Waals surface area contributed by atoms with Crippen LogP contribution in [0.25, 0.3) is 10.2 Å². The highest BCUT2D eigenvalue weighted by atomic mass is 32.1. The van der Waals surface area contributed by atoms with Crippen LogP contribution in [0.5, 0.6) is 11.5 Å². The molecular weight excluding hydrogens is 577 g/mol. The molecule has 5 aromatic rings. The van der Waals surface area contributed by atoms with Gasteiger partial charge in [0.05, 0.1) is 28.5 Å². The number of aromatic nitrogens is 2. The molecular formula is C31H24FN3O5S2. The molecule has 3 aromatic carbocycles. The number of aliphatic hydroxyl groups is 1. The van der Waals surface area contributed by atoms with Crippen molar-refractivity contribution in [3.63, 3.8) is 0 Å². The number of hydrogen-bond acceptors (Lipinski definition) is 8. The lowest BCUT2D eigenvalue weighted by Crippen LogP contribution is -2.31. The molecule has 42 heavy (non-hydrogen) atoms. The normalized spacial score (nSPS) is 16.0. The first-order chi connectivity index (χ1) is 20.3. The van der Waals surface area contributed by atoms with Crippen molar-refractivity contribution in [2.75, 3.05) is 6.61 Å². The van der Waals surface area contributed by atoms with Gasteiger partial charge in [0.15, 0.2) is 0 Å². The highest BCUT2D eigenvalue weighted by molar-refractivity contribution is 7.71. The van der Waals surface area contributed by atoms with Gasteiger partial charge in [0, 0.05) is 29.3 Å². The molecule has 0 radical (unpaired) electrons. The van der Waals surface area contributed by atoms with Gasteiger partial charge in [-0.1, -0.05) is 24.4 Å². The van der Waals surface area contributed by atoms with E-state index < -0.39 is 17.9 Å². The van der Waals surface area contributed by atoms with Gasteiger partial charge < -0.3 is 19.6 Å². The molecule has 0 saturated carbocycles. The zero-order valence-electron chi connectivity index (χ0n) is 22.0. The summed E-state index contributed by atoms with van der Waals surface area (Å²) in [6, 6.07) is 19.9. The zero-order valence-corrected chi connectivity index (χ0v) is 23.6. The second-order valence-electron chi connectivity index (χ2n) is 9.82. The maximum atomic E-state index is 13.5. The molecule has 2 unspecified atom stereocenters. The predicted octanol–water partition coefficient (Wildman–Crippen LogP) is 5.93. The molecule has 0 spiro atoms. The van der Waals surface area contributed by atoms with Gasteiger partial charge in [-0.15, -0.1) is 11.3 Å². The summed E-state index contributed by atoms with van der Waals surface area (Å²) in [6.07, 6.45) is 1.21. The molecule has 2 amide bonds. The quantitative estimate of drug-likeness (QED) is 0.157. The van der Waals surface area contributed by atoms with Crippen LogP contribution >= 0.6 is 23.6 Å². The van der Waals surface area contributed by atoms with Crippen LogP contribution in [0.15, 0.2) is 79.0 Å². The number of carbonyl (C=O) groups excluding carboxylic acids is 2. The van der Waals surface area contributed by atoms with Gasteiger partial charge in [-0.25, -0.2) is 9.37 Å². The van der Waals surface area contributed by atoms with Crippen LogP contribution in [0.3, 0.4) is 0 Å². The van der Waals surface area contributed by atoms with Crippen LogP contribution in [0, 0.1) is 16.4 Å². The number of carbonyl (C=O) groups is 2. The third-order valence-electron chi connectivity index (χ3n) is 6.93. The van der Waals surface area contributed by atoms with Crippen molar-refractivity contribution in [3.05, 3.63) is 117 Å². The van der Waals surface area contributed by atoms with Crippen molar-refractivity contribution < 1.29 is 28.6 Å². The van der Waals surface area contributed by atoms with E-state index in [-0.39, 0.29) is 35.2 Å². The Kier molecular flexibility index (Phi) is 7.79. The van der Waals surface area contributed by atoms with E-state index >= 15 is 0 Å². The van der Waals surface area contributed by atoms with Gasteiger partial charge in [0.2, 0.25) is 0 Å². The third-order valence-corrected chi connectivity index (χ3v) is 8.28. The first kappa shape index (κ1) is 27.7. The summed E-state index contributed by atoms with van der Waals surface area (Å²) >= 11 is 6.56. The highest BCUT2D eigenvalue weighted by Crippen LogP contribution is 2.39. The summed E-state index contributed by atoms with van der Waals surface area (Å²) in [5.74, 6) is -0.635. The van der Waals surface area contributed by atoms with Gasteiger partial charge in [0.25, 0.3) is 11.8 Å². The fourth-order valence-corrected chi connectivity index (χ4v) is 5.92. The summed E-state index contributed by atoms with van der Waals surface area (Å²) in [5.41, 5.74) is 2.52. The molecule has 3 N–H and O–H groups in total. The SMILES string of the molecule is O=C(NC(=O)c1ccc[nH]c1=S)c1cccc(CC2COc3ccc(OCc4nc5cc(F)ccc5s4)cc3C2O)c1. The van der Waals surface area contributed by atoms with E-state index in [1.807, 2.05) is 6.07 Å². The van der Waals surface area contributed by atoms with Crippen molar-refractivity contribution in [2.24, 2.45) is 5.92 Å². The molecule has 2 aromatic heterocycles. The number of nitrogens with one attached hydrogen (secondary N) is 2. The van der Waals surface area contributed by atoms with E-state index in [4.69, 9.17) is 21.7 Å². The topological polar surface area (TPSA) is 114 Å². The first-order valence-corrected chi connectivity index (χ1v) is 14.3. The van der Waals surface area contributed by atoms with Crippen LogP contribution in [0.2, 0.25) is 0 Å². The van der Waals surface area contributed by atoms with Crippen LogP contribution in [0.4, 0.5) is 4.39 Å². The number of H-pyrrole nitrogens is 1. The molecule has 2 atom stereocenters. The van der Waals surface area contributed by atoms with E-state index in [1.54, 1.807) is 60.8 Å². The summed E-state index contributed by atoms with van der Waals surface area (Å²) in [5, 5.41) is 14.3. The van der Waals surface area contributed by atoms with Gasteiger partial charge in [0.1, 0.15) is 33.6 Å². The minimum atomic E-state index is -0.832. The zero-order chi connectivity index (χ0) is 29.2. The Bertz CT molecular complexity index is 1870. The Balaban J connectivity index is 1.11. The lowest BCUT2D eigenvalue weighted by molar-refractivity contribution is 0.0504. The van der Waals surface area contributed by atoms with Gasteiger partial charge in [-0.05, 0) is 66.6 Å². The number of halogens is 1. The van der Waals surface area contributed by atoms with Crippen molar-refractivity contribution in [3.8, 4) is 11.5 Å². The number of pyridine rings is 1. The Morgan fingerprint density at radius 3 is 2.86 bits per heavy atom. The number of rotatable bonds is 7. The summed E-state index contributed by atoms with van der Waals surface area (Å²) in [6.45, 7) is 0.492. The highest BCUT2D eigenvalue weighted by Gasteiger charge is 2.30. The van der Waals surface area contributed by atoms with E-state index in [1.165, 1.54) is 23.5 Å². The molecule has 3 heterocycles. The first-order valence-electron chi connectivity index (χ1n) is 13.1. The average Bonchev–Trinajstić information content (AvgIpc) is 3.40. The van der Waals surface area contributed by atoms with Gasteiger partial charge >= 0.3 is 0 Å². The van der Waals surface area contributed by atoms with Crippen LogP contribution in [-0.2, 0) is 13.0 Å². The molecule has 0 aliphatic carbocycles. The van der Waals surface area contributed by atoms with Crippen molar-refractivity contribution in [2.45, 2.75) is 19.1 Å². The van der Waals surface area contributed by atoms with Crippen molar-refractivity contribution >= 4 is 45.6 Å². The number of hydrogen-bond donors (Lipinski definition) is 3. The summed E-state index contributed by atoms with van der Waals surface area (Å²) in [7, 11) is 0. The third kappa shape index (κ3) is 5.94. The largest absolute Gasteiger partial charge is 0.493 e. The van der Waals surface area contributed by atoms with Crippen molar-refractivity contribution in [1.82, 2.24) is 15.3 Å². The molecule has 6 rings (SSSR count). The number of fused-ring (bicyclic) bond motifs is 2. The van der Waals surface area contributed by atoms with E-state index in [2.05, 4.69) is 15.3 Å². The number of amides is 2. The number of benzene rings is 3. The van der Waals surface area contributed by atoms with Crippen LogP contribution in [0.1, 0.15) is 43.0 Å². The maximum absolute atomic E-state index is 13.5. The monoisotopic (exact) mass is 601 g/mol. The van der Waals surface area contributed by atoms with E-state index in [9.17, 15) is 19.1 Å². The molecule has 0 bridgehead atoms. The predicted molar refractivity (Wildman–Crippen MR) is 158 cm³/mol. The summed E-state index contributed by atoms with van der Waals surface area (Å²) in [4.78, 5) is 32.5. The standard InChI is InChI=1S/C31H24FN3O5S2/c32-20-6-9-26-24(13-20)34-27(42-26)16-39-21-7-8-25-23(14-21)28(36)19(15-40-25)12-17-3-1-4-18(11-17)29(37)35-30(38)22-5-2-10-33-31(22)41/h1-11,13-14,19,28,36H,12,15-16H2,(H,33,41)(H,35,37,38). The minimum absolute atomic E-state index is 0.202. The maximum Gasteiger partial charge on any atom is 0.261 e. The number of imide groups is 1. The smallest absolute Gasteiger partial charge is 0.261 e. The number of aliphatic hydroxyl groups excluding tert-OH is 1. The number of nitrogens with zero attached hydrogens (tertiary/aromatic N) is 1. The number of thiazole rings is 1. The lowest BCUT2D eigenvalue weighted by atomic mass is 9.87. The molecule has 212 valence electrons. The molecule has 11 heteroatoms. The Labute approximate surface area is 248 Å². The van der Waals surface area contributed by atoms with Gasteiger partial charge in [-0.3, -0.25) is 14.9 Å². The second kappa shape index (κ2) is 11.8. The fraction of sp³-hybridized carbons (Fsp3) is 0.161. The molecule has 0 saturated heterocycles. The lowest BCUT2D eigenvalue weighted by Gasteiger charge is -2.30. The summed E-state index contributed by atoms with van der Waals surface area (Å²) < 4.78 is 26.5. The van der Waals surface area contributed by atoms with Crippen LogP contribution < -0.4 is 14.8 Å². The van der Waals surface area contributed by atoms with Gasteiger partial charge in [-0.2, -0.15) is 0 Å². The van der Waals surface area contributed by atoms with E-state index in [0.29, 0.717) is 39.6 Å². The molecule has 1 aliphatic heterocycles.